The highest BCUT2D eigenvalue weighted by Gasteiger charge is 2.20. The lowest BCUT2D eigenvalue weighted by Gasteiger charge is -2.21. The third kappa shape index (κ3) is 5.46. The summed E-state index contributed by atoms with van der Waals surface area (Å²) in [4.78, 5) is 14.1. The van der Waals surface area contributed by atoms with Crippen molar-refractivity contribution in [2.24, 2.45) is 5.92 Å². The van der Waals surface area contributed by atoms with Crippen molar-refractivity contribution in [3.63, 3.8) is 0 Å². The van der Waals surface area contributed by atoms with Crippen LogP contribution in [-0.2, 0) is 17.9 Å². The number of carbonyl (C=O) groups excluding carboxylic acids is 1. The van der Waals surface area contributed by atoms with Crippen LogP contribution in [0.1, 0.15) is 45.2 Å². The van der Waals surface area contributed by atoms with Crippen molar-refractivity contribution in [2.45, 2.75) is 52.6 Å². The molecule has 0 aromatic carbocycles. The fraction of sp³-hybridized carbons (Fsp3) is 0.800. The number of hydrogen-bond acceptors (Lipinski definition) is 4. The zero-order chi connectivity index (χ0) is 15.1. The minimum Gasteiger partial charge on any atom is -0.341 e. The highest BCUT2D eigenvalue weighted by atomic mass is 16.2. The van der Waals surface area contributed by atoms with E-state index in [1.54, 1.807) is 4.68 Å². The highest BCUT2D eigenvalue weighted by Crippen LogP contribution is 2.27. The molecule has 2 rings (SSSR count). The van der Waals surface area contributed by atoms with Crippen molar-refractivity contribution in [1.29, 1.82) is 0 Å². The largest absolute Gasteiger partial charge is 0.341 e. The number of nitrogens with zero attached hydrogens (tertiary/aromatic N) is 4. The van der Waals surface area contributed by atoms with E-state index in [4.69, 9.17) is 0 Å². The maximum absolute atomic E-state index is 12.2. The van der Waals surface area contributed by atoms with Crippen LogP contribution < -0.4 is 5.32 Å². The number of carbonyl (C=O) groups is 1. The van der Waals surface area contributed by atoms with E-state index in [0.29, 0.717) is 0 Å². The summed E-state index contributed by atoms with van der Waals surface area (Å²) in [6, 6.07) is 0. The Morgan fingerprint density at radius 2 is 2.10 bits per heavy atom. The van der Waals surface area contributed by atoms with Crippen LogP contribution in [0.15, 0.2) is 6.20 Å². The Labute approximate surface area is 126 Å². The molecule has 0 radical (unpaired) electrons. The SMILES string of the molecule is CCCN(CCC)C(=O)Cn1cc(CNCC2CC2)nn1. The molecule has 0 spiro atoms. The van der Waals surface area contributed by atoms with Crippen molar-refractivity contribution in [3.05, 3.63) is 11.9 Å². The van der Waals surface area contributed by atoms with Crippen LogP contribution >= 0.6 is 0 Å². The van der Waals surface area contributed by atoms with Gasteiger partial charge in [0.15, 0.2) is 0 Å². The third-order valence-electron chi connectivity index (χ3n) is 3.66. The zero-order valence-electron chi connectivity index (χ0n) is 13.2. The molecule has 1 heterocycles. The Hall–Kier alpha value is -1.43. The summed E-state index contributed by atoms with van der Waals surface area (Å²) in [6.45, 7) is 7.90. The average molecular weight is 293 g/mol. The van der Waals surface area contributed by atoms with Crippen LogP contribution in [0.25, 0.3) is 0 Å². The molecule has 0 atom stereocenters. The molecular formula is C15H27N5O. The van der Waals surface area contributed by atoms with E-state index in [9.17, 15) is 4.79 Å². The first-order valence-corrected chi connectivity index (χ1v) is 8.10. The minimum absolute atomic E-state index is 0.126. The van der Waals surface area contributed by atoms with Gasteiger partial charge in [-0.25, -0.2) is 4.68 Å². The lowest BCUT2D eigenvalue weighted by atomic mass is 10.3. The number of aromatic nitrogens is 3. The number of nitrogens with one attached hydrogen (secondary N) is 1. The summed E-state index contributed by atoms with van der Waals surface area (Å²) in [5, 5.41) is 11.6. The zero-order valence-corrected chi connectivity index (χ0v) is 13.2. The molecule has 1 saturated carbocycles. The second kappa shape index (κ2) is 8.12. The molecule has 6 nitrogen and oxygen atoms in total. The second-order valence-corrected chi connectivity index (χ2v) is 5.86. The van der Waals surface area contributed by atoms with Crippen LogP contribution in [0, 0.1) is 5.92 Å². The summed E-state index contributed by atoms with van der Waals surface area (Å²) >= 11 is 0. The lowest BCUT2D eigenvalue weighted by molar-refractivity contribution is -0.132. The third-order valence-corrected chi connectivity index (χ3v) is 3.66. The first-order valence-electron chi connectivity index (χ1n) is 8.10. The topological polar surface area (TPSA) is 63.1 Å². The molecule has 1 amide bonds. The van der Waals surface area contributed by atoms with E-state index in [1.165, 1.54) is 12.8 Å². The molecule has 0 saturated heterocycles. The van der Waals surface area contributed by atoms with E-state index in [-0.39, 0.29) is 12.5 Å². The van der Waals surface area contributed by atoms with E-state index < -0.39 is 0 Å². The monoisotopic (exact) mass is 293 g/mol. The van der Waals surface area contributed by atoms with Gasteiger partial charge in [0.05, 0.1) is 11.9 Å². The second-order valence-electron chi connectivity index (χ2n) is 5.86. The Morgan fingerprint density at radius 3 is 2.71 bits per heavy atom. The molecule has 0 unspecified atom stereocenters. The molecule has 1 aromatic rings. The standard InChI is InChI=1S/C15H27N5O/c1-3-7-19(8-4-2)15(21)12-20-11-14(17-18-20)10-16-9-13-5-6-13/h11,13,16H,3-10,12H2,1-2H3. The van der Waals surface area contributed by atoms with Crippen LogP contribution in [-0.4, -0.2) is 45.4 Å². The minimum atomic E-state index is 0.126. The van der Waals surface area contributed by atoms with E-state index >= 15 is 0 Å². The smallest absolute Gasteiger partial charge is 0.244 e. The molecule has 6 heteroatoms. The first kappa shape index (κ1) is 15.9. The summed E-state index contributed by atoms with van der Waals surface area (Å²) in [7, 11) is 0. The first-order chi connectivity index (χ1) is 10.2. The van der Waals surface area contributed by atoms with Crippen molar-refractivity contribution in [1.82, 2.24) is 25.2 Å². The molecule has 1 fully saturated rings. The lowest BCUT2D eigenvalue weighted by Crippen LogP contribution is -2.35. The van der Waals surface area contributed by atoms with Crippen LogP contribution in [0.5, 0.6) is 0 Å². The summed E-state index contributed by atoms with van der Waals surface area (Å²) in [5.74, 6) is 0.986. The predicted octanol–water partition coefficient (Wildman–Crippen LogP) is 1.43. The van der Waals surface area contributed by atoms with Gasteiger partial charge in [0, 0.05) is 19.6 Å². The van der Waals surface area contributed by atoms with Crippen molar-refractivity contribution >= 4 is 5.91 Å². The fourth-order valence-corrected chi connectivity index (χ4v) is 2.36. The van der Waals surface area contributed by atoms with Gasteiger partial charge >= 0.3 is 0 Å². The normalized spacial score (nSPS) is 14.4. The van der Waals surface area contributed by atoms with Gasteiger partial charge < -0.3 is 10.2 Å². The molecule has 118 valence electrons. The molecule has 1 N–H and O–H groups in total. The number of rotatable bonds is 10. The van der Waals surface area contributed by atoms with Crippen molar-refractivity contribution in [2.75, 3.05) is 19.6 Å². The fourth-order valence-electron chi connectivity index (χ4n) is 2.36. The van der Waals surface area contributed by atoms with Gasteiger partial charge in [0.25, 0.3) is 0 Å². The van der Waals surface area contributed by atoms with Gasteiger partial charge in [-0.15, -0.1) is 5.10 Å². The van der Waals surface area contributed by atoms with E-state index in [2.05, 4.69) is 29.5 Å². The van der Waals surface area contributed by atoms with Gasteiger partial charge in [-0.2, -0.15) is 0 Å². The quantitative estimate of drug-likeness (QED) is 0.709. The molecular weight excluding hydrogens is 266 g/mol. The van der Waals surface area contributed by atoms with Gasteiger partial charge in [0.2, 0.25) is 5.91 Å². The van der Waals surface area contributed by atoms with Crippen molar-refractivity contribution < 1.29 is 4.79 Å². The Balaban J connectivity index is 1.77. The molecule has 0 bridgehead atoms. The molecule has 1 aliphatic carbocycles. The Kier molecular flexibility index (Phi) is 6.17. The maximum atomic E-state index is 12.2. The van der Waals surface area contributed by atoms with E-state index in [0.717, 1.165) is 50.6 Å². The van der Waals surface area contributed by atoms with Crippen LogP contribution in [0.3, 0.4) is 0 Å². The molecule has 21 heavy (non-hydrogen) atoms. The Bertz CT molecular complexity index is 435. The highest BCUT2D eigenvalue weighted by molar-refractivity contribution is 5.75. The number of amides is 1. The van der Waals surface area contributed by atoms with Gasteiger partial charge in [-0.3, -0.25) is 4.79 Å². The molecule has 0 aliphatic heterocycles. The van der Waals surface area contributed by atoms with Crippen LogP contribution in [0.2, 0.25) is 0 Å². The van der Waals surface area contributed by atoms with Crippen molar-refractivity contribution in [3.8, 4) is 0 Å². The van der Waals surface area contributed by atoms with E-state index in [1.807, 2.05) is 11.1 Å². The predicted molar refractivity (Wildman–Crippen MR) is 81.6 cm³/mol. The molecule has 1 aliphatic rings. The van der Waals surface area contributed by atoms with Gasteiger partial charge in [-0.1, -0.05) is 19.1 Å². The van der Waals surface area contributed by atoms with Gasteiger partial charge in [-0.05, 0) is 38.1 Å². The molecule has 1 aromatic heterocycles. The summed E-state index contributed by atoms with van der Waals surface area (Å²) in [5.41, 5.74) is 0.904. The Morgan fingerprint density at radius 1 is 1.38 bits per heavy atom. The van der Waals surface area contributed by atoms with Gasteiger partial charge in [0.1, 0.15) is 6.54 Å². The summed E-state index contributed by atoms with van der Waals surface area (Å²) < 4.78 is 1.65. The summed E-state index contributed by atoms with van der Waals surface area (Å²) in [6.07, 6.45) is 6.53. The average Bonchev–Trinajstić information content (AvgIpc) is 3.18. The number of hydrogen-bond donors (Lipinski definition) is 1. The maximum Gasteiger partial charge on any atom is 0.244 e. The van der Waals surface area contributed by atoms with Crippen LogP contribution in [0.4, 0.5) is 0 Å².